The van der Waals surface area contributed by atoms with Crippen molar-refractivity contribution in [2.24, 2.45) is 0 Å². The van der Waals surface area contributed by atoms with E-state index in [1.54, 1.807) is 13.0 Å². The highest BCUT2D eigenvalue weighted by atomic mass is 35.5. The largest absolute Gasteiger partial charge is 0.423 e. The van der Waals surface area contributed by atoms with Gasteiger partial charge in [0, 0.05) is 17.8 Å². The maximum atomic E-state index is 11.9. The molecule has 1 heterocycles. The highest BCUT2D eigenvalue weighted by Gasteiger charge is 2.15. The summed E-state index contributed by atoms with van der Waals surface area (Å²) in [5, 5.41) is 10.7. The molecule has 0 aliphatic heterocycles. The number of rotatable bonds is 3. The van der Waals surface area contributed by atoms with Gasteiger partial charge < -0.3 is 4.74 Å². The van der Waals surface area contributed by atoms with Gasteiger partial charge in [-0.05, 0) is 31.2 Å². The topological polar surface area (TPSA) is 82.3 Å². The maximum Gasteiger partial charge on any atom is 0.346 e. The van der Waals surface area contributed by atoms with Gasteiger partial charge in [0.15, 0.2) is 0 Å². The summed E-state index contributed by atoms with van der Waals surface area (Å²) in [6.07, 6.45) is 1.45. The minimum absolute atomic E-state index is 0.0378. The average Bonchev–Trinajstić information content (AvgIpc) is 2.38. The van der Waals surface area contributed by atoms with Gasteiger partial charge in [-0.15, -0.1) is 0 Å². The van der Waals surface area contributed by atoms with Crippen LogP contribution in [0.5, 0.6) is 5.75 Å². The number of halogens is 1. The third-order valence-corrected chi connectivity index (χ3v) is 2.86. The first kappa shape index (κ1) is 14.0. The molecule has 102 valence electrons. The van der Waals surface area contributed by atoms with Crippen LogP contribution >= 0.6 is 11.6 Å². The first-order chi connectivity index (χ1) is 9.49. The molecule has 0 amide bonds. The van der Waals surface area contributed by atoms with E-state index >= 15 is 0 Å². The molecule has 2 aromatic rings. The van der Waals surface area contributed by atoms with Crippen molar-refractivity contribution >= 4 is 23.3 Å². The number of nitrogens with zero attached hydrogens (tertiary/aromatic N) is 2. The Morgan fingerprint density at radius 1 is 1.40 bits per heavy atom. The number of hydrogen-bond acceptors (Lipinski definition) is 5. The summed E-state index contributed by atoms with van der Waals surface area (Å²) in [6, 6.07) is 7.09. The Labute approximate surface area is 119 Å². The van der Waals surface area contributed by atoms with E-state index in [1.165, 1.54) is 30.5 Å². The summed E-state index contributed by atoms with van der Waals surface area (Å²) in [5.74, 6) is -0.464. The number of esters is 1. The summed E-state index contributed by atoms with van der Waals surface area (Å²) in [4.78, 5) is 25.8. The molecule has 7 heteroatoms. The van der Waals surface area contributed by atoms with Crippen molar-refractivity contribution in [2.75, 3.05) is 0 Å². The molecule has 0 radical (unpaired) electrons. The number of pyridine rings is 1. The smallest absolute Gasteiger partial charge is 0.346 e. The van der Waals surface area contributed by atoms with E-state index in [-0.39, 0.29) is 22.2 Å². The molecule has 0 spiro atoms. The lowest BCUT2D eigenvalue weighted by Crippen LogP contribution is -2.09. The highest BCUT2D eigenvalue weighted by Crippen LogP contribution is 2.24. The van der Waals surface area contributed by atoms with E-state index in [2.05, 4.69) is 4.98 Å². The minimum atomic E-state index is -0.670. The lowest BCUT2D eigenvalue weighted by atomic mass is 10.2. The second-order valence-corrected chi connectivity index (χ2v) is 4.29. The zero-order chi connectivity index (χ0) is 14.7. The second-order valence-electron chi connectivity index (χ2n) is 3.94. The van der Waals surface area contributed by atoms with Crippen LogP contribution in [0.1, 0.15) is 15.9 Å². The van der Waals surface area contributed by atoms with Crippen molar-refractivity contribution < 1.29 is 14.5 Å². The van der Waals surface area contributed by atoms with E-state index in [4.69, 9.17) is 16.3 Å². The van der Waals surface area contributed by atoms with Gasteiger partial charge in [0.25, 0.3) is 5.69 Å². The third-order valence-electron chi connectivity index (χ3n) is 2.55. The summed E-state index contributed by atoms with van der Waals surface area (Å²) >= 11 is 5.78. The number of aryl methyl sites for hydroxylation is 1. The van der Waals surface area contributed by atoms with Crippen molar-refractivity contribution in [1.82, 2.24) is 4.98 Å². The summed E-state index contributed by atoms with van der Waals surface area (Å²) in [5.41, 5.74) is 0.493. The van der Waals surface area contributed by atoms with Crippen molar-refractivity contribution in [3.05, 3.63) is 62.9 Å². The van der Waals surface area contributed by atoms with Gasteiger partial charge in [0.1, 0.15) is 10.9 Å². The first-order valence-electron chi connectivity index (χ1n) is 5.57. The number of ether oxygens (including phenoxy) is 1. The van der Waals surface area contributed by atoms with Gasteiger partial charge in [-0.3, -0.25) is 10.1 Å². The number of hydrogen-bond donors (Lipinski definition) is 0. The lowest BCUT2D eigenvalue weighted by Gasteiger charge is -2.06. The molecule has 6 nitrogen and oxygen atoms in total. The number of carbonyl (C=O) groups is 1. The van der Waals surface area contributed by atoms with Crippen LogP contribution in [0.4, 0.5) is 5.69 Å². The fourth-order valence-corrected chi connectivity index (χ4v) is 1.79. The molecular formula is C13H9ClN2O4. The van der Waals surface area contributed by atoms with E-state index in [0.29, 0.717) is 5.56 Å². The number of carbonyl (C=O) groups excluding carboxylic acids is 1. The zero-order valence-electron chi connectivity index (χ0n) is 10.4. The quantitative estimate of drug-likeness (QED) is 0.285. The maximum absolute atomic E-state index is 11.9. The second kappa shape index (κ2) is 5.66. The van der Waals surface area contributed by atoms with Crippen LogP contribution in [0.15, 0.2) is 36.5 Å². The summed E-state index contributed by atoms with van der Waals surface area (Å²) < 4.78 is 5.11. The normalized spacial score (nSPS) is 10.1. The van der Waals surface area contributed by atoms with Crippen LogP contribution in [0, 0.1) is 17.0 Å². The summed E-state index contributed by atoms with van der Waals surface area (Å²) in [7, 11) is 0. The molecular weight excluding hydrogens is 284 g/mol. The molecule has 1 aromatic carbocycles. The monoisotopic (exact) mass is 292 g/mol. The van der Waals surface area contributed by atoms with Gasteiger partial charge in [0.05, 0.1) is 10.5 Å². The Balaban J connectivity index is 2.23. The Hall–Kier alpha value is -2.47. The van der Waals surface area contributed by atoms with E-state index in [1.807, 2.05) is 0 Å². The van der Waals surface area contributed by atoms with Crippen LogP contribution < -0.4 is 4.74 Å². The lowest BCUT2D eigenvalue weighted by molar-refractivity contribution is -0.385. The molecule has 1 aromatic heterocycles. The predicted molar refractivity (Wildman–Crippen MR) is 72.0 cm³/mol. The van der Waals surface area contributed by atoms with E-state index in [0.717, 1.165) is 0 Å². The minimum Gasteiger partial charge on any atom is -0.423 e. The molecule has 0 fully saturated rings. The number of nitro groups is 1. The highest BCUT2D eigenvalue weighted by molar-refractivity contribution is 6.32. The van der Waals surface area contributed by atoms with Crippen molar-refractivity contribution in [3.63, 3.8) is 0 Å². The third kappa shape index (κ3) is 2.92. The Bertz CT molecular complexity index is 688. The molecule has 0 bridgehead atoms. The number of nitro benzene ring substituents is 1. The number of aromatic nitrogens is 1. The Morgan fingerprint density at radius 3 is 2.75 bits per heavy atom. The van der Waals surface area contributed by atoms with Gasteiger partial charge in [-0.25, -0.2) is 9.78 Å². The molecule has 20 heavy (non-hydrogen) atoms. The van der Waals surface area contributed by atoms with E-state index in [9.17, 15) is 14.9 Å². The molecule has 0 aliphatic rings. The van der Waals surface area contributed by atoms with Gasteiger partial charge in [-0.1, -0.05) is 11.6 Å². The van der Waals surface area contributed by atoms with Crippen LogP contribution in [-0.2, 0) is 0 Å². The molecule has 0 aliphatic carbocycles. The predicted octanol–water partition coefficient (Wildman–Crippen LogP) is 3.17. The van der Waals surface area contributed by atoms with E-state index < -0.39 is 10.9 Å². The summed E-state index contributed by atoms with van der Waals surface area (Å²) in [6.45, 7) is 1.56. The Kier molecular flexibility index (Phi) is 3.95. The molecule has 0 saturated heterocycles. The van der Waals surface area contributed by atoms with Crippen LogP contribution in [0.25, 0.3) is 0 Å². The Morgan fingerprint density at radius 2 is 2.15 bits per heavy atom. The molecule has 2 rings (SSSR count). The van der Waals surface area contributed by atoms with Gasteiger partial charge in [0.2, 0.25) is 0 Å². The molecule has 0 unspecified atom stereocenters. The van der Waals surface area contributed by atoms with Crippen molar-refractivity contribution in [2.45, 2.75) is 6.92 Å². The van der Waals surface area contributed by atoms with Crippen LogP contribution in [0.2, 0.25) is 5.15 Å². The molecule has 0 atom stereocenters. The van der Waals surface area contributed by atoms with Crippen molar-refractivity contribution in [3.8, 4) is 5.75 Å². The molecule has 0 N–H and O–H groups in total. The number of benzene rings is 1. The standard InChI is InChI=1S/C13H9ClN2O4/c1-8-7-9(4-5-11(8)16(18)19)20-13(17)10-3-2-6-15-12(10)14/h2-7H,1H3. The van der Waals surface area contributed by atoms with Gasteiger partial charge >= 0.3 is 5.97 Å². The van der Waals surface area contributed by atoms with Crippen LogP contribution in [0.3, 0.4) is 0 Å². The molecule has 0 saturated carbocycles. The SMILES string of the molecule is Cc1cc(OC(=O)c2cccnc2Cl)ccc1[N+](=O)[O-]. The van der Waals surface area contributed by atoms with Gasteiger partial charge in [-0.2, -0.15) is 0 Å². The fourth-order valence-electron chi connectivity index (χ4n) is 1.60. The first-order valence-corrected chi connectivity index (χ1v) is 5.94. The fraction of sp³-hybridized carbons (Fsp3) is 0.0769. The van der Waals surface area contributed by atoms with Crippen LogP contribution in [-0.4, -0.2) is 15.9 Å². The zero-order valence-corrected chi connectivity index (χ0v) is 11.1. The van der Waals surface area contributed by atoms with Crippen molar-refractivity contribution in [1.29, 1.82) is 0 Å². The average molecular weight is 293 g/mol.